The molecule has 9 heteroatoms. The summed E-state index contributed by atoms with van der Waals surface area (Å²) >= 11 is 0. The van der Waals surface area contributed by atoms with Gasteiger partial charge in [0.25, 0.3) is 0 Å². The van der Waals surface area contributed by atoms with Crippen LogP contribution in [0.15, 0.2) is 18.2 Å². The highest BCUT2D eigenvalue weighted by atomic mass is 19.1. The first-order chi connectivity index (χ1) is 12.3. The van der Waals surface area contributed by atoms with Crippen LogP contribution in [0.1, 0.15) is 26.3 Å². The second-order valence-electron chi connectivity index (χ2n) is 5.43. The number of aldehydes is 1. The van der Waals surface area contributed by atoms with Crippen LogP contribution in [0.5, 0.6) is 0 Å². The Kier molecular flexibility index (Phi) is 9.11. The quantitative estimate of drug-likeness (QED) is 0.364. The molecule has 0 aliphatic heterocycles. The van der Waals surface area contributed by atoms with Crippen molar-refractivity contribution in [2.75, 3.05) is 19.8 Å². The smallest absolute Gasteiger partial charge is 0.422 e. The van der Waals surface area contributed by atoms with Crippen molar-refractivity contribution in [1.82, 2.24) is 10.0 Å². The molecule has 0 aliphatic carbocycles. The molecule has 0 bridgehead atoms. The molecular weight excluding hydrogens is 350 g/mol. The molecule has 146 valence electrons. The van der Waals surface area contributed by atoms with E-state index >= 15 is 0 Å². The van der Waals surface area contributed by atoms with Gasteiger partial charge in [0.1, 0.15) is 24.0 Å². The maximum Gasteiger partial charge on any atom is 0.422 e. The summed E-state index contributed by atoms with van der Waals surface area (Å²) in [6, 6.07) is 2.00. The number of benzene rings is 1. The fraction of sp³-hybridized carbons (Fsp3) is 0.529. The number of nitrogens with zero attached hydrogens (tertiary/aromatic N) is 2. The first-order valence-electron chi connectivity index (χ1n) is 8.23. The molecule has 1 aromatic carbocycles. The highest BCUT2D eigenvalue weighted by Gasteiger charge is 2.29. The van der Waals surface area contributed by atoms with Gasteiger partial charge >= 0.3 is 6.09 Å². The lowest BCUT2D eigenvalue weighted by Crippen LogP contribution is -2.53. The van der Waals surface area contributed by atoms with E-state index < -0.39 is 30.1 Å². The van der Waals surface area contributed by atoms with Gasteiger partial charge < -0.3 is 19.4 Å². The van der Waals surface area contributed by atoms with E-state index in [0.29, 0.717) is 25.6 Å². The Hall–Kier alpha value is -2.10. The van der Waals surface area contributed by atoms with E-state index in [2.05, 4.69) is 0 Å². The van der Waals surface area contributed by atoms with E-state index in [9.17, 15) is 23.5 Å². The summed E-state index contributed by atoms with van der Waals surface area (Å²) in [6.07, 6.45) is -1.72. The topological polar surface area (TPSA) is 79.3 Å². The third kappa shape index (κ3) is 6.32. The fourth-order valence-corrected chi connectivity index (χ4v) is 2.38. The van der Waals surface area contributed by atoms with Gasteiger partial charge in [0.05, 0.1) is 6.54 Å². The van der Waals surface area contributed by atoms with Crippen LogP contribution in [0.4, 0.5) is 13.6 Å². The van der Waals surface area contributed by atoms with Crippen LogP contribution in [0.3, 0.4) is 0 Å². The number of hydrazine groups is 1. The van der Waals surface area contributed by atoms with E-state index in [1.807, 2.05) is 0 Å². The molecule has 1 rings (SSSR count). The number of hydrogen-bond acceptors (Lipinski definition) is 5. The first-order valence-corrected chi connectivity index (χ1v) is 8.23. The van der Waals surface area contributed by atoms with Gasteiger partial charge in [-0.05, 0) is 26.8 Å². The predicted molar refractivity (Wildman–Crippen MR) is 89.2 cm³/mol. The first kappa shape index (κ1) is 21.9. The number of ether oxygens (including phenoxy) is 2. The van der Waals surface area contributed by atoms with E-state index in [1.54, 1.807) is 13.8 Å². The largest absolute Gasteiger partial charge is 0.464 e. The molecular formula is C17H24F2N2O5. The Morgan fingerprint density at radius 3 is 2.35 bits per heavy atom. The van der Waals surface area contributed by atoms with Gasteiger partial charge in [0, 0.05) is 31.4 Å². The van der Waals surface area contributed by atoms with Crippen LogP contribution in [0.25, 0.3) is 0 Å². The predicted octanol–water partition coefficient (Wildman–Crippen LogP) is 2.65. The van der Waals surface area contributed by atoms with Crippen molar-refractivity contribution >= 4 is 12.4 Å². The summed E-state index contributed by atoms with van der Waals surface area (Å²) in [6.45, 7) is 5.25. The molecule has 0 aliphatic rings. The van der Waals surface area contributed by atoms with Crippen molar-refractivity contribution in [3.05, 3.63) is 35.4 Å². The maximum atomic E-state index is 14.0. The van der Waals surface area contributed by atoms with Crippen molar-refractivity contribution in [3.63, 3.8) is 0 Å². The number of rotatable bonds is 11. The Bertz CT molecular complexity index is 597. The zero-order valence-electron chi connectivity index (χ0n) is 15.0. The average Bonchev–Trinajstić information content (AvgIpc) is 2.57. The highest BCUT2D eigenvalue weighted by molar-refractivity contribution is 5.70. The van der Waals surface area contributed by atoms with Crippen molar-refractivity contribution < 1.29 is 33.0 Å². The second kappa shape index (κ2) is 10.8. The zero-order chi connectivity index (χ0) is 19.7. The van der Waals surface area contributed by atoms with Crippen LogP contribution in [-0.4, -0.2) is 59.6 Å². The zero-order valence-corrected chi connectivity index (χ0v) is 15.0. The lowest BCUT2D eigenvalue weighted by atomic mass is 10.2. The van der Waals surface area contributed by atoms with Gasteiger partial charge in [0.2, 0.25) is 0 Å². The normalized spacial score (nSPS) is 12.4. The van der Waals surface area contributed by atoms with Crippen LogP contribution < -0.4 is 0 Å². The molecule has 0 saturated heterocycles. The van der Waals surface area contributed by atoms with Gasteiger partial charge in [-0.25, -0.2) is 23.6 Å². The Morgan fingerprint density at radius 2 is 1.88 bits per heavy atom. The van der Waals surface area contributed by atoms with Crippen LogP contribution >= 0.6 is 0 Å². The molecule has 0 fully saturated rings. The lowest BCUT2D eigenvalue weighted by Gasteiger charge is -2.36. The number of amides is 1. The molecule has 7 nitrogen and oxygen atoms in total. The number of carboxylic acid groups (broad SMARTS) is 1. The van der Waals surface area contributed by atoms with Gasteiger partial charge in [0.15, 0.2) is 6.29 Å². The van der Waals surface area contributed by atoms with Crippen molar-refractivity contribution in [1.29, 1.82) is 0 Å². The Balaban J connectivity index is 3.17. The molecule has 0 aromatic heterocycles. The SMILES string of the molecule is CCOC(CN(Cc1ccc(F)cc1F)N(C(=O)O)C(C)C=O)OCC. The average molecular weight is 374 g/mol. The van der Waals surface area contributed by atoms with Gasteiger partial charge in [-0.1, -0.05) is 6.07 Å². The number of carbonyl (C=O) groups excluding carboxylic acids is 1. The van der Waals surface area contributed by atoms with Gasteiger partial charge in [-0.3, -0.25) is 0 Å². The van der Waals surface area contributed by atoms with Crippen molar-refractivity contribution in [2.45, 2.75) is 39.6 Å². The third-order valence-corrected chi connectivity index (χ3v) is 3.52. The number of halogens is 2. The number of hydrogen-bond donors (Lipinski definition) is 1. The molecule has 0 saturated carbocycles. The van der Waals surface area contributed by atoms with E-state index in [0.717, 1.165) is 11.1 Å². The van der Waals surface area contributed by atoms with Crippen LogP contribution in [0, 0.1) is 11.6 Å². The summed E-state index contributed by atoms with van der Waals surface area (Å²) in [5, 5.41) is 11.5. The van der Waals surface area contributed by atoms with E-state index in [-0.39, 0.29) is 18.7 Å². The lowest BCUT2D eigenvalue weighted by molar-refractivity contribution is -0.175. The molecule has 1 atom stereocenters. The molecule has 1 N–H and O–H groups in total. The Labute approximate surface area is 151 Å². The highest BCUT2D eigenvalue weighted by Crippen LogP contribution is 2.17. The summed E-state index contributed by atoms with van der Waals surface area (Å²) < 4.78 is 38.0. The van der Waals surface area contributed by atoms with Crippen LogP contribution in [-0.2, 0) is 20.8 Å². The fourth-order valence-electron chi connectivity index (χ4n) is 2.38. The molecule has 0 spiro atoms. The minimum atomic E-state index is -1.39. The standard InChI is InChI=1S/C17H24F2N2O5/c1-4-25-16(26-5-2)10-20(21(17(23)24)12(3)11-22)9-13-6-7-14(18)8-15(13)19/h6-8,11-12,16H,4-5,9-10H2,1-3H3,(H,23,24). The molecule has 1 aromatic rings. The monoisotopic (exact) mass is 374 g/mol. The molecule has 1 amide bonds. The number of carbonyl (C=O) groups is 2. The minimum absolute atomic E-state index is 0.0665. The molecule has 1 unspecified atom stereocenters. The van der Waals surface area contributed by atoms with Gasteiger partial charge in [-0.15, -0.1) is 0 Å². The summed E-state index contributed by atoms with van der Waals surface area (Å²) in [4.78, 5) is 22.8. The third-order valence-electron chi connectivity index (χ3n) is 3.52. The summed E-state index contributed by atoms with van der Waals surface area (Å²) in [5.41, 5.74) is 0.0718. The van der Waals surface area contributed by atoms with E-state index in [1.165, 1.54) is 18.0 Å². The van der Waals surface area contributed by atoms with Gasteiger partial charge in [-0.2, -0.15) is 0 Å². The maximum absolute atomic E-state index is 14.0. The molecule has 0 heterocycles. The van der Waals surface area contributed by atoms with Crippen molar-refractivity contribution in [2.24, 2.45) is 0 Å². The van der Waals surface area contributed by atoms with E-state index in [4.69, 9.17) is 9.47 Å². The Morgan fingerprint density at radius 1 is 1.27 bits per heavy atom. The van der Waals surface area contributed by atoms with Crippen molar-refractivity contribution in [3.8, 4) is 0 Å². The summed E-state index contributed by atoms with van der Waals surface area (Å²) in [7, 11) is 0. The minimum Gasteiger partial charge on any atom is -0.464 e. The summed E-state index contributed by atoms with van der Waals surface area (Å²) in [5.74, 6) is -1.56. The molecule has 26 heavy (non-hydrogen) atoms. The second-order valence-corrected chi connectivity index (χ2v) is 5.43. The molecule has 0 radical (unpaired) electrons. The van der Waals surface area contributed by atoms with Crippen LogP contribution in [0.2, 0.25) is 0 Å².